The lowest BCUT2D eigenvalue weighted by Gasteiger charge is -2.10. The lowest BCUT2D eigenvalue weighted by atomic mass is 10.1. The summed E-state index contributed by atoms with van der Waals surface area (Å²) < 4.78 is 13.3. The third kappa shape index (κ3) is 3.27. The smallest absolute Gasteiger partial charge is 0.254 e. The minimum Gasteiger partial charge on any atom is -0.393 e. The summed E-state index contributed by atoms with van der Waals surface area (Å²) >= 11 is 0. The Hall–Kier alpha value is -1.42. The molecular weight excluding hydrogens is 221 g/mol. The molecule has 92 valence electrons. The normalized spacial score (nSPS) is 16.6. The largest absolute Gasteiger partial charge is 0.393 e. The van der Waals surface area contributed by atoms with E-state index in [-0.39, 0.29) is 11.7 Å². The van der Waals surface area contributed by atoms with Gasteiger partial charge in [-0.25, -0.2) is 4.39 Å². The first-order chi connectivity index (χ1) is 8.18. The molecule has 1 aromatic carbocycles. The zero-order valence-electron chi connectivity index (χ0n) is 9.53. The van der Waals surface area contributed by atoms with E-state index in [9.17, 15) is 14.3 Å². The Bertz CT molecular complexity index is 404. The molecule has 1 saturated carbocycles. The van der Waals surface area contributed by atoms with E-state index in [0.717, 1.165) is 12.8 Å². The fraction of sp³-hybridized carbons (Fsp3) is 0.462. The van der Waals surface area contributed by atoms with Gasteiger partial charge in [-0.1, -0.05) is 12.1 Å². The number of amides is 1. The van der Waals surface area contributed by atoms with Crippen molar-refractivity contribution < 1.29 is 14.3 Å². The molecular formula is C13H16FNO2. The second kappa shape index (κ2) is 5.27. The number of hydrogen-bond donors (Lipinski definition) is 2. The third-order valence-corrected chi connectivity index (χ3v) is 3.01. The molecule has 17 heavy (non-hydrogen) atoms. The van der Waals surface area contributed by atoms with Crippen molar-refractivity contribution >= 4 is 5.91 Å². The highest BCUT2D eigenvalue weighted by atomic mass is 19.1. The summed E-state index contributed by atoms with van der Waals surface area (Å²) in [5.74, 6) is -0.542. The topological polar surface area (TPSA) is 49.3 Å². The van der Waals surface area contributed by atoms with E-state index in [1.165, 1.54) is 12.1 Å². The van der Waals surface area contributed by atoms with Crippen LogP contribution in [0.15, 0.2) is 24.3 Å². The van der Waals surface area contributed by atoms with Crippen LogP contribution < -0.4 is 5.32 Å². The molecule has 1 fully saturated rings. The Morgan fingerprint density at radius 3 is 2.82 bits per heavy atom. The maximum Gasteiger partial charge on any atom is 0.254 e. The van der Waals surface area contributed by atoms with E-state index in [4.69, 9.17) is 0 Å². The molecule has 2 N–H and O–H groups in total. The van der Waals surface area contributed by atoms with E-state index < -0.39 is 11.7 Å². The van der Waals surface area contributed by atoms with Crippen molar-refractivity contribution in [1.29, 1.82) is 0 Å². The van der Waals surface area contributed by atoms with E-state index in [1.807, 2.05) is 0 Å². The molecule has 1 atom stereocenters. The van der Waals surface area contributed by atoms with Gasteiger partial charge < -0.3 is 10.4 Å². The van der Waals surface area contributed by atoms with Crippen molar-refractivity contribution in [3.8, 4) is 0 Å². The second-order valence-electron chi connectivity index (χ2n) is 4.43. The van der Waals surface area contributed by atoms with Crippen LogP contribution in [0.3, 0.4) is 0 Å². The third-order valence-electron chi connectivity index (χ3n) is 3.01. The van der Waals surface area contributed by atoms with Gasteiger partial charge in [-0.3, -0.25) is 4.79 Å². The number of hydrogen-bond acceptors (Lipinski definition) is 2. The molecule has 0 radical (unpaired) electrons. The van der Waals surface area contributed by atoms with E-state index in [0.29, 0.717) is 18.9 Å². The van der Waals surface area contributed by atoms with Crippen molar-refractivity contribution in [2.75, 3.05) is 6.54 Å². The van der Waals surface area contributed by atoms with Gasteiger partial charge in [0.15, 0.2) is 0 Å². The number of carbonyl (C=O) groups is 1. The number of rotatable bonds is 5. The Kier molecular flexibility index (Phi) is 3.74. The molecule has 3 nitrogen and oxygen atoms in total. The van der Waals surface area contributed by atoms with Crippen LogP contribution in [0.5, 0.6) is 0 Å². The molecule has 0 bridgehead atoms. The number of halogens is 1. The molecule has 0 heterocycles. The molecule has 2 rings (SSSR count). The highest BCUT2D eigenvalue weighted by molar-refractivity contribution is 5.94. The average molecular weight is 237 g/mol. The van der Waals surface area contributed by atoms with Gasteiger partial charge in [-0.05, 0) is 37.3 Å². The predicted octanol–water partition coefficient (Wildman–Crippen LogP) is 1.72. The summed E-state index contributed by atoms with van der Waals surface area (Å²) in [5.41, 5.74) is 0.0495. The number of aliphatic hydroxyl groups is 1. The molecule has 1 amide bonds. The minimum atomic E-state index is -0.521. The molecule has 0 aliphatic heterocycles. The van der Waals surface area contributed by atoms with Crippen LogP contribution in [0.4, 0.5) is 4.39 Å². The Labute approximate surface area is 99.7 Å². The molecule has 0 unspecified atom stereocenters. The SMILES string of the molecule is O=C(NCC[C@@H](O)C1CC1)c1ccccc1F. The van der Waals surface area contributed by atoms with Gasteiger partial charge in [-0.15, -0.1) is 0 Å². The molecule has 0 saturated heterocycles. The fourth-order valence-electron chi connectivity index (χ4n) is 1.79. The molecule has 0 aromatic heterocycles. The first-order valence-corrected chi connectivity index (χ1v) is 5.89. The van der Waals surface area contributed by atoms with Crippen molar-refractivity contribution in [2.45, 2.75) is 25.4 Å². The van der Waals surface area contributed by atoms with Crippen molar-refractivity contribution in [1.82, 2.24) is 5.32 Å². The summed E-state index contributed by atoms with van der Waals surface area (Å²) in [5, 5.41) is 12.2. The van der Waals surface area contributed by atoms with Gasteiger partial charge in [0.25, 0.3) is 5.91 Å². The molecule has 1 aromatic rings. The van der Waals surface area contributed by atoms with Crippen molar-refractivity contribution in [2.24, 2.45) is 5.92 Å². The van der Waals surface area contributed by atoms with Crippen LogP contribution in [0, 0.1) is 11.7 Å². The van der Waals surface area contributed by atoms with Crippen LogP contribution >= 0.6 is 0 Å². The molecule has 1 aliphatic rings. The van der Waals surface area contributed by atoms with Crippen molar-refractivity contribution in [3.63, 3.8) is 0 Å². The van der Waals surface area contributed by atoms with Gasteiger partial charge in [0.2, 0.25) is 0 Å². The van der Waals surface area contributed by atoms with Gasteiger partial charge in [-0.2, -0.15) is 0 Å². The monoisotopic (exact) mass is 237 g/mol. The number of carbonyl (C=O) groups excluding carboxylic acids is 1. The summed E-state index contributed by atoms with van der Waals surface area (Å²) in [6.07, 6.45) is 2.34. The van der Waals surface area contributed by atoms with E-state index in [1.54, 1.807) is 12.1 Å². The maximum absolute atomic E-state index is 13.3. The van der Waals surface area contributed by atoms with E-state index >= 15 is 0 Å². The van der Waals surface area contributed by atoms with Crippen LogP contribution in [0.2, 0.25) is 0 Å². The standard InChI is InChI=1S/C13H16FNO2/c14-11-4-2-1-3-10(11)13(17)15-8-7-12(16)9-5-6-9/h1-4,9,12,16H,5-8H2,(H,15,17)/t12-/m1/s1. The summed E-state index contributed by atoms with van der Waals surface area (Å²) in [7, 11) is 0. The molecule has 4 heteroatoms. The zero-order valence-corrected chi connectivity index (χ0v) is 9.53. The van der Waals surface area contributed by atoms with Gasteiger partial charge in [0.05, 0.1) is 11.7 Å². The van der Waals surface area contributed by atoms with Crippen LogP contribution in [0.1, 0.15) is 29.6 Å². The van der Waals surface area contributed by atoms with Gasteiger partial charge in [0, 0.05) is 6.54 Å². The Morgan fingerprint density at radius 2 is 2.18 bits per heavy atom. The minimum absolute atomic E-state index is 0.0495. The quantitative estimate of drug-likeness (QED) is 0.819. The number of benzene rings is 1. The van der Waals surface area contributed by atoms with Crippen molar-refractivity contribution in [3.05, 3.63) is 35.6 Å². The van der Waals surface area contributed by atoms with E-state index in [2.05, 4.69) is 5.32 Å². The summed E-state index contributed by atoms with van der Waals surface area (Å²) in [6.45, 7) is 0.380. The predicted molar refractivity (Wildman–Crippen MR) is 62.1 cm³/mol. The Balaban J connectivity index is 1.79. The highest BCUT2D eigenvalue weighted by Gasteiger charge is 2.29. The first-order valence-electron chi connectivity index (χ1n) is 5.89. The second-order valence-corrected chi connectivity index (χ2v) is 4.43. The lowest BCUT2D eigenvalue weighted by molar-refractivity contribution is 0.0933. The fourth-order valence-corrected chi connectivity index (χ4v) is 1.79. The summed E-state index contributed by atoms with van der Waals surface area (Å²) in [6, 6.07) is 5.87. The average Bonchev–Trinajstić information content (AvgIpc) is 3.13. The van der Waals surface area contributed by atoms with Gasteiger partial charge in [0.1, 0.15) is 5.82 Å². The lowest BCUT2D eigenvalue weighted by Crippen LogP contribution is -2.28. The first kappa shape index (κ1) is 12.0. The number of aliphatic hydroxyl groups excluding tert-OH is 1. The zero-order chi connectivity index (χ0) is 12.3. The van der Waals surface area contributed by atoms with Gasteiger partial charge >= 0.3 is 0 Å². The molecule has 0 spiro atoms. The van der Waals surface area contributed by atoms with Crippen LogP contribution in [-0.4, -0.2) is 23.7 Å². The Morgan fingerprint density at radius 1 is 1.47 bits per heavy atom. The van der Waals surface area contributed by atoms with Crippen LogP contribution in [0.25, 0.3) is 0 Å². The highest BCUT2D eigenvalue weighted by Crippen LogP contribution is 2.33. The number of nitrogens with one attached hydrogen (secondary N) is 1. The maximum atomic E-state index is 13.3. The summed E-state index contributed by atoms with van der Waals surface area (Å²) in [4.78, 5) is 11.6. The molecule has 1 aliphatic carbocycles. The van der Waals surface area contributed by atoms with Crippen LogP contribution in [-0.2, 0) is 0 Å².